The molecular formula is C15H14ClFO. The van der Waals surface area contributed by atoms with Crippen LogP contribution in [0.4, 0.5) is 4.39 Å². The average molecular weight is 265 g/mol. The van der Waals surface area contributed by atoms with Crippen molar-refractivity contribution in [1.82, 2.24) is 0 Å². The Morgan fingerprint density at radius 3 is 2.44 bits per heavy atom. The van der Waals surface area contributed by atoms with Crippen LogP contribution in [-0.4, -0.2) is 13.0 Å². The first-order valence-corrected chi connectivity index (χ1v) is 6.27. The minimum absolute atomic E-state index is 0.236. The second-order valence-corrected chi connectivity index (χ2v) is 4.31. The smallest absolute Gasteiger partial charge is 0.123 e. The molecule has 18 heavy (non-hydrogen) atoms. The van der Waals surface area contributed by atoms with Gasteiger partial charge in [-0.25, -0.2) is 4.39 Å². The Hall–Kier alpha value is -1.54. The third-order valence-electron chi connectivity index (χ3n) is 2.85. The minimum atomic E-state index is -0.236. The molecule has 0 amide bonds. The molecule has 0 spiro atoms. The Bertz CT molecular complexity index is 523. The molecular weight excluding hydrogens is 251 g/mol. The molecule has 0 saturated carbocycles. The number of halogens is 2. The first-order valence-electron chi connectivity index (χ1n) is 5.74. The van der Waals surface area contributed by atoms with E-state index in [-0.39, 0.29) is 5.82 Å². The largest absolute Gasteiger partial charge is 0.496 e. The molecule has 94 valence electrons. The highest BCUT2D eigenvalue weighted by Gasteiger charge is 2.10. The van der Waals surface area contributed by atoms with Crippen molar-refractivity contribution in [3.05, 3.63) is 53.8 Å². The number of ether oxygens (including phenoxy) is 1. The van der Waals surface area contributed by atoms with Crippen LogP contribution in [0.5, 0.6) is 5.75 Å². The molecule has 0 N–H and O–H groups in total. The normalized spacial score (nSPS) is 10.4. The van der Waals surface area contributed by atoms with Gasteiger partial charge in [0.25, 0.3) is 0 Å². The van der Waals surface area contributed by atoms with Gasteiger partial charge in [0.05, 0.1) is 7.11 Å². The van der Waals surface area contributed by atoms with Gasteiger partial charge < -0.3 is 4.74 Å². The molecule has 2 aromatic rings. The summed E-state index contributed by atoms with van der Waals surface area (Å²) in [6.45, 7) is 0. The second-order valence-electron chi connectivity index (χ2n) is 3.93. The molecule has 0 aliphatic heterocycles. The molecule has 3 heteroatoms. The summed E-state index contributed by atoms with van der Waals surface area (Å²) in [4.78, 5) is 0. The van der Waals surface area contributed by atoms with Gasteiger partial charge in [-0.2, -0.15) is 0 Å². The van der Waals surface area contributed by atoms with Crippen molar-refractivity contribution in [3.8, 4) is 16.9 Å². The van der Waals surface area contributed by atoms with E-state index < -0.39 is 0 Å². The topological polar surface area (TPSA) is 9.23 Å². The highest BCUT2D eigenvalue weighted by molar-refractivity contribution is 6.18. The van der Waals surface area contributed by atoms with E-state index in [0.717, 1.165) is 28.9 Å². The lowest BCUT2D eigenvalue weighted by atomic mass is 9.97. The molecule has 0 aliphatic rings. The SMILES string of the molecule is COc1cccc(-c2ccc(F)cc2)c1CCCl. The van der Waals surface area contributed by atoms with Gasteiger partial charge in [-0.3, -0.25) is 0 Å². The van der Waals surface area contributed by atoms with Crippen LogP contribution in [0.1, 0.15) is 5.56 Å². The van der Waals surface area contributed by atoms with Gasteiger partial charge in [-0.15, -0.1) is 11.6 Å². The van der Waals surface area contributed by atoms with E-state index in [2.05, 4.69) is 0 Å². The van der Waals surface area contributed by atoms with Crippen LogP contribution in [0.3, 0.4) is 0 Å². The van der Waals surface area contributed by atoms with Crippen LogP contribution in [0.15, 0.2) is 42.5 Å². The number of hydrogen-bond acceptors (Lipinski definition) is 1. The molecule has 0 radical (unpaired) electrons. The zero-order valence-corrected chi connectivity index (χ0v) is 10.9. The van der Waals surface area contributed by atoms with Gasteiger partial charge in [0.15, 0.2) is 0 Å². The van der Waals surface area contributed by atoms with Crippen LogP contribution < -0.4 is 4.74 Å². The molecule has 0 unspecified atom stereocenters. The van der Waals surface area contributed by atoms with Crippen LogP contribution in [-0.2, 0) is 6.42 Å². The molecule has 0 bridgehead atoms. The van der Waals surface area contributed by atoms with Crippen LogP contribution in [0.25, 0.3) is 11.1 Å². The predicted molar refractivity (Wildman–Crippen MR) is 72.8 cm³/mol. The van der Waals surface area contributed by atoms with Gasteiger partial charge in [0, 0.05) is 11.4 Å². The van der Waals surface area contributed by atoms with Crippen molar-refractivity contribution in [2.24, 2.45) is 0 Å². The maximum absolute atomic E-state index is 13.0. The third-order valence-corrected chi connectivity index (χ3v) is 3.04. The number of benzene rings is 2. The maximum atomic E-state index is 13.0. The van der Waals surface area contributed by atoms with E-state index >= 15 is 0 Å². The highest BCUT2D eigenvalue weighted by Crippen LogP contribution is 2.31. The summed E-state index contributed by atoms with van der Waals surface area (Å²) >= 11 is 5.83. The lowest BCUT2D eigenvalue weighted by Crippen LogP contribution is -1.96. The second kappa shape index (κ2) is 5.87. The fraction of sp³-hybridized carbons (Fsp3) is 0.200. The standard InChI is InChI=1S/C15H14ClFO/c1-18-15-4-2-3-13(14(15)9-10-16)11-5-7-12(17)8-6-11/h2-8H,9-10H2,1H3. The van der Waals surface area contributed by atoms with Gasteiger partial charge in [-0.05, 0) is 35.7 Å². The van der Waals surface area contributed by atoms with E-state index in [0.29, 0.717) is 5.88 Å². The third kappa shape index (κ3) is 2.65. The van der Waals surface area contributed by atoms with E-state index in [4.69, 9.17) is 16.3 Å². The Balaban J connectivity index is 2.52. The van der Waals surface area contributed by atoms with Crippen molar-refractivity contribution in [3.63, 3.8) is 0 Å². The molecule has 0 aliphatic carbocycles. The van der Waals surface area contributed by atoms with Crippen molar-refractivity contribution in [2.45, 2.75) is 6.42 Å². The number of methoxy groups -OCH3 is 1. The molecule has 0 fully saturated rings. The molecule has 1 nitrogen and oxygen atoms in total. The Labute approximate surface area is 111 Å². The highest BCUT2D eigenvalue weighted by atomic mass is 35.5. The lowest BCUT2D eigenvalue weighted by Gasteiger charge is -2.13. The molecule has 0 heterocycles. The fourth-order valence-electron chi connectivity index (χ4n) is 2.01. The Morgan fingerprint density at radius 1 is 1.11 bits per heavy atom. The van der Waals surface area contributed by atoms with Gasteiger partial charge in [-0.1, -0.05) is 24.3 Å². The van der Waals surface area contributed by atoms with Gasteiger partial charge >= 0.3 is 0 Å². The van der Waals surface area contributed by atoms with Crippen molar-refractivity contribution in [2.75, 3.05) is 13.0 Å². The number of rotatable bonds is 4. The summed E-state index contributed by atoms with van der Waals surface area (Å²) in [6.07, 6.45) is 0.721. The quantitative estimate of drug-likeness (QED) is 0.749. The van der Waals surface area contributed by atoms with E-state index in [1.54, 1.807) is 19.2 Å². The summed E-state index contributed by atoms with van der Waals surface area (Å²) < 4.78 is 18.3. The summed E-state index contributed by atoms with van der Waals surface area (Å²) in [7, 11) is 1.64. The zero-order valence-electron chi connectivity index (χ0n) is 10.1. The fourth-order valence-corrected chi connectivity index (χ4v) is 2.20. The lowest BCUT2D eigenvalue weighted by molar-refractivity contribution is 0.410. The summed E-state index contributed by atoms with van der Waals surface area (Å²) in [5, 5.41) is 0. The van der Waals surface area contributed by atoms with Crippen molar-refractivity contribution < 1.29 is 9.13 Å². The van der Waals surface area contributed by atoms with E-state index in [9.17, 15) is 4.39 Å². The average Bonchev–Trinajstić information content (AvgIpc) is 2.40. The molecule has 2 rings (SSSR count). The van der Waals surface area contributed by atoms with Crippen LogP contribution >= 0.6 is 11.6 Å². The summed E-state index contributed by atoms with van der Waals surface area (Å²) in [5.41, 5.74) is 3.06. The van der Waals surface area contributed by atoms with E-state index in [1.807, 2.05) is 18.2 Å². The van der Waals surface area contributed by atoms with Gasteiger partial charge in [0.2, 0.25) is 0 Å². The van der Waals surface area contributed by atoms with Crippen molar-refractivity contribution in [1.29, 1.82) is 0 Å². The molecule has 0 aromatic heterocycles. The summed E-state index contributed by atoms with van der Waals surface area (Å²) in [6, 6.07) is 12.3. The molecule has 0 atom stereocenters. The zero-order chi connectivity index (χ0) is 13.0. The molecule has 2 aromatic carbocycles. The Kier molecular flexibility index (Phi) is 4.21. The number of alkyl halides is 1. The summed E-state index contributed by atoms with van der Waals surface area (Å²) in [5.74, 6) is 1.10. The van der Waals surface area contributed by atoms with Crippen LogP contribution in [0, 0.1) is 5.82 Å². The first kappa shape index (κ1) is 12.9. The predicted octanol–water partition coefficient (Wildman–Crippen LogP) is 4.28. The van der Waals surface area contributed by atoms with Crippen molar-refractivity contribution >= 4 is 11.6 Å². The first-order chi connectivity index (χ1) is 8.76. The Morgan fingerprint density at radius 2 is 1.83 bits per heavy atom. The number of hydrogen-bond donors (Lipinski definition) is 0. The minimum Gasteiger partial charge on any atom is -0.496 e. The van der Waals surface area contributed by atoms with Gasteiger partial charge in [0.1, 0.15) is 11.6 Å². The van der Waals surface area contributed by atoms with Crippen LogP contribution in [0.2, 0.25) is 0 Å². The van der Waals surface area contributed by atoms with E-state index in [1.165, 1.54) is 12.1 Å². The monoisotopic (exact) mass is 264 g/mol. The molecule has 0 saturated heterocycles. The maximum Gasteiger partial charge on any atom is 0.123 e.